The summed E-state index contributed by atoms with van der Waals surface area (Å²) in [7, 11) is 0. The molecule has 0 fully saturated rings. The molecule has 7 nitrogen and oxygen atoms in total. The number of aromatic amines is 1. The quantitative estimate of drug-likeness (QED) is 0.446. The minimum Gasteiger partial charge on any atom is -0.356 e. The molecule has 2 aromatic heterocycles. The lowest BCUT2D eigenvalue weighted by Crippen LogP contribution is -2.32. The molecule has 0 unspecified atom stereocenters. The minimum absolute atomic E-state index is 0.00215. The van der Waals surface area contributed by atoms with E-state index in [1.165, 1.54) is 12.1 Å². The van der Waals surface area contributed by atoms with Gasteiger partial charge in [0.1, 0.15) is 11.5 Å². The molecular weight excluding hydrogens is 435 g/mol. The van der Waals surface area contributed by atoms with Crippen molar-refractivity contribution in [3.63, 3.8) is 0 Å². The van der Waals surface area contributed by atoms with Crippen molar-refractivity contribution in [3.8, 4) is 0 Å². The average molecular weight is 461 g/mol. The van der Waals surface area contributed by atoms with Crippen molar-refractivity contribution < 1.29 is 18.0 Å². The fourth-order valence-electron chi connectivity index (χ4n) is 3.55. The predicted molar refractivity (Wildman–Crippen MR) is 122 cm³/mol. The van der Waals surface area contributed by atoms with E-state index >= 15 is 0 Å². The third kappa shape index (κ3) is 6.03. The Balaban J connectivity index is 1.81. The second-order valence-corrected chi connectivity index (χ2v) is 7.56. The van der Waals surface area contributed by atoms with E-state index in [-0.39, 0.29) is 17.9 Å². The number of hydrogen-bond acceptors (Lipinski definition) is 4. The van der Waals surface area contributed by atoms with Crippen LogP contribution in [0.15, 0.2) is 47.3 Å². The Kier molecular flexibility index (Phi) is 7.57. The summed E-state index contributed by atoms with van der Waals surface area (Å²) in [6.45, 7) is 4.99. The van der Waals surface area contributed by atoms with E-state index in [9.17, 15) is 22.8 Å². The summed E-state index contributed by atoms with van der Waals surface area (Å²) in [5, 5.41) is 6.07. The van der Waals surface area contributed by atoms with Gasteiger partial charge >= 0.3 is 12.2 Å². The minimum atomic E-state index is -4.56. The third-order valence-corrected chi connectivity index (χ3v) is 4.99. The number of benzene rings is 1. The van der Waals surface area contributed by atoms with Crippen LogP contribution in [0.1, 0.15) is 37.9 Å². The Bertz CT molecular complexity index is 1170. The van der Waals surface area contributed by atoms with E-state index in [4.69, 9.17) is 0 Å². The van der Waals surface area contributed by atoms with Gasteiger partial charge in [-0.05, 0) is 37.1 Å². The molecule has 33 heavy (non-hydrogen) atoms. The van der Waals surface area contributed by atoms with Crippen molar-refractivity contribution >= 4 is 28.4 Å². The van der Waals surface area contributed by atoms with Gasteiger partial charge in [0, 0.05) is 36.7 Å². The topological polar surface area (TPSA) is 90.1 Å². The standard InChI is InChI=1S/C23H26F3N5O2/c1-3-12-31(13-4-2)21-15(8-10-19(30-21)23(24,25)26)14-27-22(33)29-18-7-5-6-17-16(18)9-11-20(32)28-17/h5-11H,3-4,12-14H2,1-2H3,(H,28,32)(H2,27,29,33). The fourth-order valence-corrected chi connectivity index (χ4v) is 3.55. The molecule has 3 N–H and O–H groups in total. The number of halogens is 3. The van der Waals surface area contributed by atoms with Gasteiger partial charge in [-0.15, -0.1) is 0 Å². The van der Waals surface area contributed by atoms with E-state index in [0.29, 0.717) is 35.2 Å². The lowest BCUT2D eigenvalue weighted by molar-refractivity contribution is -0.141. The summed E-state index contributed by atoms with van der Waals surface area (Å²) in [5.74, 6) is 0.219. The number of carbonyl (C=O) groups is 1. The van der Waals surface area contributed by atoms with Crippen LogP contribution in [0.3, 0.4) is 0 Å². The van der Waals surface area contributed by atoms with Crippen molar-refractivity contribution in [3.05, 3.63) is 64.1 Å². The van der Waals surface area contributed by atoms with E-state index in [1.807, 2.05) is 18.7 Å². The van der Waals surface area contributed by atoms with Crippen LogP contribution < -0.4 is 21.1 Å². The number of rotatable bonds is 8. The molecule has 0 saturated carbocycles. The SMILES string of the molecule is CCCN(CCC)c1nc(C(F)(F)F)ccc1CNC(=O)Nc1cccc2[nH]c(=O)ccc12. The highest BCUT2D eigenvalue weighted by molar-refractivity contribution is 6.00. The predicted octanol–water partition coefficient (Wildman–Crippen LogP) is 4.89. The van der Waals surface area contributed by atoms with Gasteiger partial charge < -0.3 is 20.5 Å². The number of nitrogens with zero attached hydrogens (tertiary/aromatic N) is 2. The number of alkyl halides is 3. The Hall–Kier alpha value is -3.56. The Morgan fingerprint density at radius 2 is 1.79 bits per heavy atom. The van der Waals surface area contributed by atoms with Crippen LogP contribution >= 0.6 is 0 Å². The average Bonchev–Trinajstić information content (AvgIpc) is 2.77. The smallest absolute Gasteiger partial charge is 0.356 e. The number of nitrogens with one attached hydrogen (secondary N) is 3. The van der Waals surface area contributed by atoms with Crippen LogP contribution in [0, 0.1) is 0 Å². The molecule has 3 rings (SSSR count). The summed E-state index contributed by atoms with van der Waals surface area (Å²) in [5.41, 5.74) is 0.333. The summed E-state index contributed by atoms with van der Waals surface area (Å²) in [4.78, 5) is 32.4. The van der Waals surface area contributed by atoms with Crippen molar-refractivity contribution in [2.45, 2.75) is 39.4 Å². The van der Waals surface area contributed by atoms with E-state index in [2.05, 4.69) is 20.6 Å². The van der Waals surface area contributed by atoms with Crippen molar-refractivity contribution in [2.24, 2.45) is 0 Å². The van der Waals surface area contributed by atoms with Gasteiger partial charge in [0.2, 0.25) is 5.56 Å². The second-order valence-electron chi connectivity index (χ2n) is 7.56. The molecule has 0 radical (unpaired) electrons. The number of H-pyrrole nitrogens is 1. The molecule has 0 spiro atoms. The molecule has 0 atom stereocenters. The van der Waals surface area contributed by atoms with E-state index in [1.54, 1.807) is 24.3 Å². The summed E-state index contributed by atoms with van der Waals surface area (Å²) >= 11 is 0. The number of amides is 2. The normalized spacial score (nSPS) is 11.4. The summed E-state index contributed by atoms with van der Waals surface area (Å²) in [6, 6.07) is 9.82. The molecule has 0 aliphatic rings. The summed E-state index contributed by atoms with van der Waals surface area (Å²) in [6.07, 6.45) is -3.07. The maximum absolute atomic E-state index is 13.3. The van der Waals surface area contributed by atoms with Gasteiger partial charge in [-0.3, -0.25) is 4.79 Å². The molecule has 1 aromatic carbocycles. The number of fused-ring (bicyclic) bond motifs is 1. The summed E-state index contributed by atoms with van der Waals surface area (Å²) < 4.78 is 39.8. The molecule has 10 heteroatoms. The van der Waals surface area contributed by atoms with E-state index in [0.717, 1.165) is 18.9 Å². The number of anilines is 2. The third-order valence-electron chi connectivity index (χ3n) is 4.99. The maximum Gasteiger partial charge on any atom is 0.433 e. The van der Waals surface area contributed by atoms with E-state index < -0.39 is 17.9 Å². The van der Waals surface area contributed by atoms with Crippen molar-refractivity contribution in [1.29, 1.82) is 0 Å². The Morgan fingerprint density at radius 3 is 2.45 bits per heavy atom. The highest BCUT2D eigenvalue weighted by Crippen LogP contribution is 2.31. The molecule has 0 bridgehead atoms. The Labute approximate surface area is 189 Å². The van der Waals surface area contributed by atoms with Gasteiger partial charge in [-0.1, -0.05) is 26.0 Å². The van der Waals surface area contributed by atoms with Crippen LogP contribution in [0.2, 0.25) is 0 Å². The van der Waals surface area contributed by atoms with Crippen LogP contribution in [0.25, 0.3) is 10.9 Å². The Morgan fingerprint density at radius 1 is 1.06 bits per heavy atom. The number of aromatic nitrogens is 2. The maximum atomic E-state index is 13.3. The largest absolute Gasteiger partial charge is 0.433 e. The molecule has 0 aliphatic heterocycles. The highest BCUT2D eigenvalue weighted by atomic mass is 19.4. The fraction of sp³-hybridized carbons (Fsp3) is 0.348. The number of pyridine rings is 2. The zero-order valence-electron chi connectivity index (χ0n) is 18.4. The number of urea groups is 1. The lowest BCUT2D eigenvalue weighted by Gasteiger charge is -2.26. The zero-order chi connectivity index (χ0) is 24.0. The first kappa shape index (κ1) is 24.1. The van der Waals surface area contributed by atoms with Gasteiger partial charge in [0.05, 0.1) is 11.2 Å². The van der Waals surface area contributed by atoms with Gasteiger partial charge in [0.25, 0.3) is 0 Å². The molecule has 0 aliphatic carbocycles. The molecule has 176 valence electrons. The van der Waals surface area contributed by atoms with Gasteiger partial charge in [-0.2, -0.15) is 13.2 Å². The van der Waals surface area contributed by atoms with Crippen molar-refractivity contribution in [1.82, 2.24) is 15.3 Å². The van der Waals surface area contributed by atoms with Gasteiger partial charge in [-0.25, -0.2) is 9.78 Å². The monoisotopic (exact) mass is 461 g/mol. The molecular formula is C23H26F3N5O2. The van der Waals surface area contributed by atoms with Crippen LogP contribution in [-0.4, -0.2) is 29.1 Å². The first-order valence-corrected chi connectivity index (χ1v) is 10.7. The number of hydrogen-bond donors (Lipinski definition) is 3. The van der Waals surface area contributed by atoms with Gasteiger partial charge in [0.15, 0.2) is 0 Å². The molecule has 3 aromatic rings. The van der Waals surface area contributed by atoms with Crippen LogP contribution in [0.4, 0.5) is 29.5 Å². The highest BCUT2D eigenvalue weighted by Gasteiger charge is 2.33. The first-order valence-electron chi connectivity index (χ1n) is 10.7. The molecule has 2 heterocycles. The number of carbonyl (C=O) groups excluding carboxylic acids is 1. The van der Waals surface area contributed by atoms with Crippen LogP contribution in [-0.2, 0) is 12.7 Å². The second kappa shape index (κ2) is 10.4. The molecule has 0 saturated heterocycles. The van der Waals surface area contributed by atoms with Crippen LogP contribution in [0.5, 0.6) is 0 Å². The first-order chi connectivity index (χ1) is 15.7. The lowest BCUT2D eigenvalue weighted by atomic mass is 10.2. The zero-order valence-corrected chi connectivity index (χ0v) is 18.4. The van der Waals surface area contributed by atoms with Crippen molar-refractivity contribution in [2.75, 3.05) is 23.3 Å². The molecule has 2 amide bonds.